The average molecular weight is 577 g/mol. The summed E-state index contributed by atoms with van der Waals surface area (Å²) in [6.45, 7) is 5.28. The Bertz CT molecular complexity index is 1380. The third-order valence-electron chi connectivity index (χ3n) is 6.00. The molecular weight excluding hydrogens is 545 g/mol. The van der Waals surface area contributed by atoms with Gasteiger partial charge in [0.1, 0.15) is 12.6 Å². The molecule has 2 amide bonds. The van der Waals surface area contributed by atoms with Gasteiger partial charge >= 0.3 is 0 Å². The number of amides is 2. The van der Waals surface area contributed by atoms with Gasteiger partial charge < -0.3 is 10.2 Å². The minimum Gasteiger partial charge on any atom is -0.354 e. The lowest BCUT2D eigenvalue weighted by molar-refractivity contribution is -0.139. The van der Waals surface area contributed by atoms with Crippen LogP contribution in [0.2, 0.25) is 10.0 Å². The fraction of sp³-hybridized carbons (Fsp3) is 0.286. The highest BCUT2D eigenvalue weighted by Gasteiger charge is 2.33. The molecule has 0 aliphatic heterocycles. The molecule has 10 heteroatoms. The fourth-order valence-corrected chi connectivity index (χ4v) is 5.88. The Kier molecular flexibility index (Phi) is 10.2. The topological polar surface area (TPSA) is 86.8 Å². The number of nitrogens with one attached hydrogen (secondary N) is 1. The molecule has 0 aliphatic rings. The summed E-state index contributed by atoms with van der Waals surface area (Å²) in [6, 6.07) is 18.8. The maximum absolute atomic E-state index is 13.9. The van der Waals surface area contributed by atoms with Crippen LogP contribution in [0.15, 0.2) is 77.7 Å². The Balaban J connectivity index is 2.04. The van der Waals surface area contributed by atoms with Gasteiger partial charge in [0, 0.05) is 23.1 Å². The van der Waals surface area contributed by atoms with Crippen molar-refractivity contribution < 1.29 is 18.0 Å². The molecule has 0 spiro atoms. The SMILES string of the molecule is CCCNC(=O)[C@H](C)N(Cc1cccc(Cl)c1)C(=O)CN(c1ccc(Cl)cc1C)S(=O)(=O)c1ccccc1. The molecule has 1 N–H and O–H groups in total. The molecule has 0 unspecified atom stereocenters. The van der Waals surface area contributed by atoms with Crippen LogP contribution in [0.25, 0.3) is 0 Å². The molecule has 0 bridgehead atoms. The summed E-state index contributed by atoms with van der Waals surface area (Å²) in [7, 11) is -4.14. The number of halogens is 2. The average Bonchev–Trinajstić information content (AvgIpc) is 2.89. The van der Waals surface area contributed by atoms with Crippen molar-refractivity contribution in [1.82, 2.24) is 10.2 Å². The molecule has 0 radical (unpaired) electrons. The summed E-state index contributed by atoms with van der Waals surface area (Å²) in [5.41, 5.74) is 1.61. The second-order valence-corrected chi connectivity index (χ2v) is 11.6. The molecule has 0 saturated heterocycles. The van der Waals surface area contributed by atoms with Crippen LogP contribution >= 0.6 is 23.2 Å². The van der Waals surface area contributed by atoms with Crippen LogP contribution in [-0.2, 0) is 26.2 Å². The number of aryl methyl sites for hydroxylation is 1. The molecule has 0 aliphatic carbocycles. The number of hydrogen-bond acceptors (Lipinski definition) is 4. The lowest BCUT2D eigenvalue weighted by atomic mass is 10.1. The van der Waals surface area contributed by atoms with Crippen LogP contribution < -0.4 is 9.62 Å². The first-order valence-corrected chi connectivity index (χ1v) is 14.4. The highest BCUT2D eigenvalue weighted by Crippen LogP contribution is 2.29. The summed E-state index contributed by atoms with van der Waals surface area (Å²) in [4.78, 5) is 28.2. The van der Waals surface area contributed by atoms with Crippen molar-refractivity contribution in [2.24, 2.45) is 0 Å². The van der Waals surface area contributed by atoms with Gasteiger partial charge in [0.05, 0.1) is 10.6 Å². The molecule has 0 aromatic heterocycles. The lowest BCUT2D eigenvalue weighted by Crippen LogP contribution is -2.51. The maximum Gasteiger partial charge on any atom is 0.264 e. The van der Waals surface area contributed by atoms with Crippen LogP contribution in [-0.4, -0.2) is 44.3 Å². The zero-order valence-electron chi connectivity index (χ0n) is 21.5. The molecule has 3 aromatic carbocycles. The monoisotopic (exact) mass is 575 g/mol. The Labute approximate surface area is 234 Å². The molecule has 7 nitrogen and oxygen atoms in total. The smallest absolute Gasteiger partial charge is 0.264 e. The van der Waals surface area contributed by atoms with Gasteiger partial charge in [-0.15, -0.1) is 0 Å². The molecule has 3 rings (SSSR count). The zero-order chi connectivity index (χ0) is 27.9. The quantitative estimate of drug-likeness (QED) is 0.330. The number of sulfonamides is 1. The van der Waals surface area contributed by atoms with E-state index in [0.29, 0.717) is 33.4 Å². The fourth-order valence-electron chi connectivity index (χ4n) is 3.94. The van der Waals surface area contributed by atoms with Gasteiger partial charge in [-0.1, -0.05) is 60.5 Å². The number of anilines is 1. The minimum atomic E-state index is -4.14. The maximum atomic E-state index is 13.9. The third kappa shape index (κ3) is 7.28. The van der Waals surface area contributed by atoms with E-state index in [1.165, 1.54) is 17.0 Å². The number of hydrogen-bond donors (Lipinski definition) is 1. The molecule has 202 valence electrons. The summed E-state index contributed by atoms with van der Waals surface area (Å²) >= 11 is 12.3. The van der Waals surface area contributed by atoms with Gasteiger partial charge in [-0.05, 0) is 73.9 Å². The van der Waals surface area contributed by atoms with E-state index >= 15 is 0 Å². The minimum absolute atomic E-state index is 0.0391. The zero-order valence-corrected chi connectivity index (χ0v) is 23.9. The first-order chi connectivity index (χ1) is 18.0. The van der Waals surface area contributed by atoms with Crippen molar-refractivity contribution in [2.45, 2.75) is 44.7 Å². The molecule has 1 atom stereocenters. The van der Waals surface area contributed by atoms with Crippen molar-refractivity contribution in [3.63, 3.8) is 0 Å². The highest BCUT2D eigenvalue weighted by atomic mass is 35.5. The number of carbonyl (C=O) groups excluding carboxylic acids is 2. The van der Waals surface area contributed by atoms with Crippen molar-refractivity contribution in [3.05, 3.63) is 94.0 Å². The van der Waals surface area contributed by atoms with Gasteiger partial charge in [0.15, 0.2) is 0 Å². The second kappa shape index (κ2) is 13.1. The summed E-state index contributed by atoms with van der Waals surface area (Å²) in [5, 5.41) is 3.75. The van der Waals surface area contributed by atoms with Crippen molar-refractivity contribution in [3.8, 4) is 0 Å². The van der Waals surface area contributed by atoms with Crippen LogP contribution in [0.4, 0.5) is 5.69 Å². The number of carbonyl (C=O) groups is 2. The van der Waals surface area contributed by atoms with E-state index in [4.69, 9.17) is 23.2 Å². The van der Waals surface area contributed by atoms with Crippen molar-refractivity contribution >= 4 is 50.7 Å². The molecule has 38 heavy (non-hydrogen) atoms. The van der Waals surface area contributed by atoms with Gasteiger partial charge in [-0.2, -0.15) is 0 Å². The molecule has 0 saturated carbocycles. The Morgan fingerprint density at radius 1 is 0.947 bits per heavy atom. The molecule has 0 fully saturated rings. The predicted octanol–water partition coefficient (Wildman–Crippen LogP) is 5.44. The normalized spacial score (nSPS) is 12.0. The second-order valence-electron chi connectivity index (χ2n) is 8.87. The predicted molar refractivity (Wildman–Crippen MR) is 152 cm³/mol. The number of nitrogens with zero attached hydrogens (tertiary/aromatic N) is 2. The van der Waals surface area contributed by atoms with E-state index in [2.05, 4.69) is 5.32 Å². The van der Waals surface area contributed by atoms with E-state index in [0.717, 1.165) is 10.7 Å². The van der Waals surface area contributed by atoms with E-state index in [-0.39, 0.29) is 17.3 Å². The van der Waals surface area contributed by atoms with E-state index < -0.39 is 28.5 Å². The van der Waals surface area contributed by atoms with Crippen LogP contribution in [0, 0.1) is 6.92 Å². The largest absolute Gasteiger partial charge is 0.354 e. The van der Waals surface area contributed by atoms with Crippen LogP contribution in [0.5, 0.6) is 0 Å². The number of benzene rings is 3. The van der Waals surface area contributed by atoms with Gasteiger partial charge in [-0.25, -0.2) is 8.42 Å². The summed E-state index contributed by atoms with van der Waals surface area (Å²) in [6.07, 6.45) is 0.736. The lowest BCUT2D eigenvalue weighted by Gasteiger charge is -2.32. The summed E-state index contributed by atoms with van der Waals surface area (Å²) < 4.78 is 28.7. The Morgan fingerprint density at radius 2 is 1.63 bits per heavy atom. The molecule has 3 aromatic rings. The van der Waals surface area contributed by atoms with Crippen molar-refractivity contribution in [1.29, 1.82) is 0 Å². The molecular formula is C28H31Cl2N3O4S. The third-order valence-corrected chi connectivity index (χ3v) is 8.24. The number of rotatable bonds is 11. The van der Waals surface area contributed by atoms with Gasteiger partial charge in [0.25, 0.3) is 10.0 Å². The Hall–Kier alpha value is -3.07. The first kappa shape index (κ1) is 29.5. The van der Waals surface area contributed by atoms with E-state index in [1.807, 2.05) is 6.92 Å². The standard InChI is InChI=1S/C28H31Cl2N3O4S/c1-4-15-31-28(35)21(3)32(18-22-9-8-10-23(29)17-22)27(34)19-33(26-14-13-24(30)16-20(26)2)38(36,37)25-11-6-5-7-12-25/h5-14,16-17,21H,4,15,18-19H2,1-3H3,(H,31,35)/t21-/m0/s1. The first-order valence-electron chi connectivity index (χ1n) is 12.2. The van der Waals surface area contributed by atoms with Crippen LogP contribution in [0.3, 0.4) is 0 Å². The van der Waals surface area contributed by atoms with E-state index in [9.17, 15) is 18.0 Å². The molecule has 0 heterocycles. The summed E-state index contributed by atoms with van der Waals surface area (Å²) in [5.74, 6) is -0.875. The van der Waals surface area contributed by atoms with Gasteiger partial charge in [-0.3, -0.25) is 13.9 Å². The van der Waals surface area contributed by atoms with Crippen molar-refractivity contribution in [2.75, 3.05) is 17.4 Å². The van der Waals surface area contributed by atoms with Gasteiger partial charge in [0.2, 0.25) is 11.8 Å². The highest BCUT2D eigenvalue weighted by molar-refractivity contribution is 7.92. The Morgan fingerprint density at radius 3 is 2.26 bits per heavy atom. The van der Waals surface area contributed by atoms with Crippen LogP contribution in [0.1, 0.15) is 31.4 Å². The van der Waals surface area contributed by atoms with E-state index in [1.54, 1.807) is 74.5 Å².